The van der Waals surface area contributed by atoms with Crippen LogP contribution in [0.3, 0.4) is 0 Å². The molecule has 3 rings (SSSR count). The van der Waals surface area contributed by atoms with E-state index >= 15 is 0 Å². The second-order valence-corrected chi connectivity index (χ2v) is 5.58. The quantitative estimate of drug-likeness (QED) is 0.547. The Balaban J connectivity index is 2.29. The van der Waals surface area contributed by atoms with Crippen LogP contribution in [0.2, 0.25) is 0 Å². The summed E-state index contributed by atoms with van der Waals surface area (Å²) in [7, 11) is 0. The number of rotatable bonds is 4. The van der Waals surface area contributed by atoms with E-state index in [2.05, 4.69) is 15.3 Å². The van der Waals surface area contributed by atoms with Gasteiger partial charge in [-0.1, -0.05) is 6.92 Å². The van der Waals surface area contributed by atoms with Gasteiger partial charge in [-0.05, 0) is 18.6 Å². The molecular weight excluding hydrogens is 344 g/mol. The van der Waals surface area contributed by atoms with Crippen LogP contribution in [0.5, 0.6) is 0 Å². The van der Waals surface area contributed by atoms with Gasteiger partial charge in [0, 0.05) is 11.9 Å². The van der Waals surface area contributed by atoms with E-state index in [9.17, 15) is 18.8 Å². The average molecular weight is 359 g/mol. The van der Waals surface area contributed by atoms with Crippen LogP contribution in [0.4, 0.5) is 14.5 Å². The maximum absolute atomic E-state index is 14.4. The summed E-state index contributed by atoms with van der Waals surface area (Å²) >= 11 is 0. The third kappa shape index (κ3) is 2.87. The second-order valence-electron chi connectivity index (χ2n) is 5.58. The van der Waals surface area contributed by atoms with Crippen molar-refractivity contribution in [2.24, 2.45) is 0 Å². The van der Waals surface area contributed by atoms with Crippen molar-refractivity contribution in [3.05, 3.63) is 53.4 Å². The number of carbonyl (C=O) groups is 1. The van der Waals surface area contributed by atoms with Crippen molar-refractivity contribution in [2.45, 2.75) is 13.3 Å². The standard InChI is InChI=1S/C17H15F2N5O2/c1-2-5-22-17(25)16-14(20)9-3-4-11(18)13(10(9)7-24(16)26)15-12(19)6-21-8-23-15/h3-4,6-8H,2,5,20H2,1H3,(H,22,25). The Labute approximate surface area is 147 Å². The summed E-state index contributed by atoms with van der Waals surface area (Å²) in [4.78, 5) is 19.5. The normalized spacial score (nSPS) is 10.9. The maximum Gasteiger partial charge on any atom is 0.319 e. The Morgan fingerprint density at radius 3 is 2.77 bits per heavy atom. The van der Waals surface area contributed by atoms with Crippen molar-refractivity contribution in [1.82, 2.24) is 15.3 Å². The molecule has 0 aliphatic heterocycles. The molecule has 0 unspecified atom stereocenters. The molecule has 0 aliphatic rings. The van der Waals surface area contributed by atoms with Crippen molar-refractivity contribution in [1.29, 1.82) is 0 Å². The number of amides is 1. The van der Waals surface area contributed by atoms with Gasteiger partial charge in [-0.15, -0.1) is 0 Å². The number of benzene rings is 1. The molecule has 134 valence electrons. The second kappa shape index (κ2) is 6.87. The van der Waals surface area contributed by atoms with E-state index in [1.165, 1.54) is 6.07 Å². The van der Waals surface area contributed by atoms with Gasteiger partial charge in [0.1, 0.15) is 23.5 Å². The molecule has 0 fully saturated rings. The first-order valence-electron chi connectivity index (χ1n) is 7.83. The third-order valence-electron chi connectivity index (χ3n) is 3.86. The summed E-state index contributed by atoms with van der Waals surface area (Å²) in [5.41, 5.74) is 5.05. The van der Waals surface area contributed by atoms with Gasteiger partial charge in [-0.3, -0.25) is 4.79 Å². The van der Waals surface area contributed by atoms with E-state index in [0.717, 1.165) is 24.8 Å². The highest BCUT2D eigenvalue weighted by Gasteiger charge is 2.26. The molecule has 0 saturated carbocycles. The van der Waals surface area contributed by atoms with E-state index in [-0.39, 0.29) is 38.1 Å². The number of hydrogen-bond acceptors (Lipinski definition) is 5. The largest absolute Gasteiger partial charge is 0.618 e. The molecule has 1 aromatic carbocycles. The smallest absolute Gasteiger partial charge is 0.319 e. The molecule has 3 N–H and O–H groups in total. The van der Waals surface area contributed by atoms with Crippen LogP contribution in [0.1, 0.15) is 23.8 Å². The lowest BCUT2D eigenvalue weighted by Gasteiger charge is -2.13. The van der Waals surface area contributed by atoms with Gasteiger partial charge in [0.2, 0.25) is 0 Å². The molecule has 0 aliphatic carbocycles. The maximum atomic E-state index is 14.4. The van der Waals surface area contributed by atoms with Crippen LogP contribution < -0.4 is 15.8 Å². The molecule has 0 atom stereocenters. The number of anilines is 1. The molecule has 0 spiro atoms. The predicted octanol–water partition coefficient (Wildman–Crippen LogP) is 1.93. The molecule has 2 aromatic heterocycles. The average Bonchev–Trinajstić information content (AvgIpc) is 2.61. The molecule has 9 heteroatoms. The molecule has 3 aromatic rings. The summed E-state index contributed by atoms with van der Waals surface area (Å²) in [5.74, 6) is -2.27. The number of aromatic nitrogens is 3. The molecule has 2 heterocycles. The minimum Gasteiger partial charge on any atom is -0.618 e. The lowest BCUT2D eigenvalue weighted by Crippen LogP contribution is -2.40. The molecular formula is C17H15F2N5O2. The zero-order valence-corrected chi connectivity index (χ0v) is 13.8. The summed E-state index contributed by atoms with van der Waals surface area (Å²) in [6, 6.07) is 2.41. The molecule has 26 heavy (non-hydrogen) atoms. The fourth-order valence-corrected chi connectivity index (χ4v) is 2.67. The van der Waals surface area contributed by atoms with Crippen molar-refractivity contribution in [3.63, 3.8) is 0 Å². The number of nitrogens with zero attached hydrogens (tertiary/aromatic N) is 3. The summed E-state index contributed by atoms with van der Waals surface area (Å²) in [5, 5.41) is 15.2. The van der Waals surface area contributed by atoms with Gasteiger partial charge in [0.05, 0.1) is 17.1 Å². The minimum atomic E-state index is -0.848. The van der Waals surface area contributed by atoms with Crippen LogP contribution in [0, 0.1) is 16.8 Å². The number of nitrogen functional groups attached to an aromatic ring is 1. The fraction of sp³-hybridized carbons (Fsp3) is 0.176. The number of fused-ring (bicyclic) bond motifs is 1. The number of halogens is 2. The van der Waals surface area contributed by atoms with Crippen molar-refractivity contribution < 1.29 is 18.3 Å². The van der Waals surface area contributed by atoms with Crippen molar-refractivity contribution >= 4 is 22.4 Å². The van der Waals surface area contributed by atoms with E-state index in [1.807, 2.05) is 6.92 Å². The highest BCUT2D eigenvalue weighted by Crippen LogP contribution is 2.33. The van der Waals surface area contributed by atoms with E-state index < -0.39 is 17.5 Å². The lowest BCUT2D eigenvalue weighted by atomic mass is 10.0. The first-order valence-corrected chi connectivity index (χ1v) is 7.83. The van der Waals surface area contributed by atoms with Gasteiger partial charge < -0.3 is 16.3 Å². The van der Waals surface area contributed by atoms with Crippen molar-refractivity contribution in [2.75, 3.05) is 12.3 Å². The fourth-order valence-electron chi connectivity index (χ4n) is 2.67. The predicted molar refractivity (Wildman–Crippen MR) is 90.9 cm³/mol. The topological polar surface area (TPSA) is 108 Å². The number of nitrogens with two attached hydrogens (primary N) is 1. The first-order chi connectivity index (χ1) is 12.5. The molecule has 1 amide bonds. The number of carbonyl (C=O) groups excluding carboxylic acids is 1. The van der Waals surface area contributed by atoms with Crippen LogP contribution in [0.25, 0.3) is 22.0 Å². The Bertz CT molecular complexity index is 1010. The van der Waals surface area contributed by atoms with Crippen LogP contribution in [-0.4, -0.2) is 22.4 Å². The molecule has 0 radical (unpaired) electrons. The Kier molecular flexibility index (Phi) is 4.61. The van der Waals surface area contributed by atoms with E-state index in [0.29, 0.717) is 13.0 Å². The third-order valence-corrected chi connectivity index (χ3v) is 3.86. The Morgan fingerprint density at radius 1 is 1.31 bits per heavy atom. The van der Waals surface area contributed by atoms with Crippen molar-refractivity contribution in [3.8, 4) is 11.3 Å². The number of nitrogens with one attached hydrogen (secondary N) is 1. The highest BCUT2D eigenvalue weighted by molar-refractivity contribution is 6.07. The van der Waals surface area contributed by atoms with Gasteiger partial charge in [-0.2, -0.15) is 4.73 Å². The molecule has 7 nitrogen and oxygen atoms in total. The van der Waals surface area contributed by atoms with Crippen LogP contribution >= 0.6 is 0 Å². The Hall–Kier alpha value is -3.36. The van der Waals surface area contributed by atoms with E-state index in [1.54, 1.807) is 0 Å². The summed E-state index contributed by atoms with van der Waals surface area (Å²) < 4.78 is 28.7. The first kappa shape index (κ1) is 17.5. The monoisotopic (exact) mass is 359 g/mol. The number of pyridine rings is 1. The lowest BCUT2D eigenvalue weighted by molar-refractivity contribution is -0.605. The molecule has 0 bridgehead atoms. The highest BCUT2D eigenvalue weighted by atomic mass is 19.1. The number of hydrogen-bond donors (Lipinski definition) is 2. The molecule has 0 saturated heterocycles. The SMILES string of the molecule is CCCNC(=O)c1c(N)c2ccc(F)c(-c3ncncc3F)c2c[n+]1[O-]. The van der Waals surface area contributed by atoms with Gasteiger partial charge in [0.15, 0.2) is 12.0 Å². The van der Waals surface area contributed by atoms with Gasteiger partial charge in [-0.25, -0.2) is 18.7 Å². The minimum absolute atomic E-state index is 0.0436. The summed E-state index contributed by atoms with van der Waals surface area (Å²) in [6.45, 7) is 2.23. The van der Waals surface area contributed by atoms with Crippen LogP contribution in [-0.2, 0) is 0 Å². The van der Waals surface area contributed by atoms with Gasteiger partial charge >= 0.3 is 11.6 Å². The zero-order chi connectivity index (χ0) is 18.8. The Morgan fingerprint density at radius 2 is 2.08 bits per heavy atom. The van der Waals surface area contributed by atoms with Crippen LogP contribution in [0.15, 0.2) is 30.9 Å². The summed E-state index contributed by atoms with van der Waals surface area (Å²) in [6.07, 6.45) is 3.63. The van der Waals surface area contributed by atoms with E-state index in [4.69, 9.17) is 5.73 Å². The zero-order valence-electron chi connectivity index (χ0n) is 13.8. The van der Waals surface area contributed by atoms with Gasteiger partial charge in [0.25, 0.3) is 0 Å².